The fourth-order valence-corrected chi connectivity index (χ4v) is 2.71. The summed E-state index contributed by atoms with van der Waals surface area (Å²) in [5, 5.41) is 4.94. The minimum Gasteiger partial charge on any atom is -0.453 e. The first-order valence-corrected chi connectivity index (χ1v) is 6.78. The molecular formula is C13H15ClN4O2. The van der Waals surface area contributed by atoms with Crippen LogP contribution in [0.15, 0.2) is 18.5 Å². The average molecular weight is 295 g/mol. The van der Waals surface area contributed by atoms with Crippen molar-refractivity contribution < 1.29 is 9.53 Å². The number of methoxy groups -OCH3 is 1. The molecule has 0 radical (unpaired) electrons. The van der Waals surface area contributed by atoms with Crippen molar-refractivity contribution >= 4 is 34.4 Å². The van der Waals surface area contributed by atoms with Crippen molar-refractivity contribution in [3.05, 3.63) is 23.5 Å². The van der Waals surface area contributed by atoms with E-state index in [-0.39, 0.29) is 12.1 Å². The van der Waals surface area contributed by atoms with Crippen molar-refractivity contribution in [2.24, 2.45) is 0 Å². The van der Waals surface area contributed by atoms with Gasteiger partial charge in [0.2, 0.25) is 0 Å². The monoisotopic (exact) mass is 294 g/mol. The summed E-state index contributed by atoms with van der Waals surface area (Å²) >= 11 is 6.22. The zero-order valence-corrected chi connectivity index (χ0v) is 11.8. The van der Waals surface area contributed by atoms with Crippen LogP contribution in [0.3, 0.4) is 0 Å². The molecular weight excluding hydrogens is 280 g/mol. The quantitative estimate of drug-likeness (QED) is 0.892. The summed E-state index contributed by atoms with van der Waals surface area (Å²) in [7, 11) is 1.40. The number of likely N-dealkylation sites (tertiary alicyclic amines) is 1. The molecule has 1 aliphatic heterocycles. The number of halogens is 1. The van der Waals surface area contributed by atoms with Crippen molar-refractivity contribution in [3.63, 3.8) is 0 Å². The molecule has 3 rings (SSSR count). The Morgan fingerprint density at radius 1 is 1.65 bits per heavy atom. The van der Waals surface area contributed by atoms with Crippen LogP contribution in [0.25, 0.3) is 11.0 Å². The van der Waals surface area contributed by atoms with Crippen LogP contribution >= 0.6 is 11.6 Å². The van der Waals surface area contributed by atoms with Gasteiger partial charge in [-0.2, -0.15) is 0 Å². The van der Waals surface area contributed by atoms with E-state index in [9.17, 15) is 4.79 Å². The maximum atomic E-state index is 11.5. The molecule has 1 atom stereocenters. The smallest absolute Gasteiger partial charge is 0.409 e. The lowest BCUT2D eigenvalue weighted by molar-refractivity contribution is 0.133. The van der Waals surface area contributed by atoms with Crippen molar-refractivity contribution in [2.45, 2.75) is 12.5 Å². The highest BCUT2D eigenvalue weighted by molar-refractivity contribution is 6.34. The van der Waals surface area contributed by atoms with E-state index in [1.807, 2.05) is 12.3 Å². The Morgan fingerprint density at radius 3 is 3.30 bits per heavy atom. The van der Waals surface area contributed by atoms with Crippen LogP contribution in [0.4, 0.5) is 10.5 Å². The number of anilines is 1. The number of carbonyl (C=O) groups excluding carboxylic acids is 1. The lowest BCUT2D eigenvalue weighted by Crippen LogP contribution is -2.31. The lowest BCUT2D eigenvalue weighted by Gasteiger charge is -2.17. The molecule has 106 valence electrons. The van der Waals surface area contributed by atoms with Gasteiger partial charge in [0.1, 0.15) is 5.65 Å². The van der Waals surface area contributed by atoms with Crippen LogP contribution in [-0.2, 0) is 4.74 Å². The van der Waals surface area contributed by atoms with Crippen molar-refractivity contribution in [3.8, 4) is 0 Å². The van der Waals surface area contributed by atoms with E-state index in [4.69, 9.17) is 16.3 Å². The Morgan fingerprint density at radius 2 is 2.50 bits per heavy atom. The highest BCUT2D eigenvalue weighted by Crippen LogP contribution is 2.30. The molecule has 0 unspecified atom stereocenters. The predicted octanol–water partition coefficient (Wildman–Crippen LogP) is 2.47. The van der Waals surface area contributed by atoms with Crippen LogP contribution in [0.5, 0.6) is 0 Å². The van der Waals surface area contributed by atoms with Gasteiger partial charge in [-0.05, 0) is 12.5 Å². The zero-order valence-electron chi connectivity index (χ0n) is 11.0. The zero-order chi connectivity index (χ0) is 14.1. The molecule has 20 heavy (non-hydrogen) atoms. The Labute approximate surface area is 121 Å². The van der Waals surface area contributed by atoms with Crippen LogP contribution in [0.1, 0.15) is 6.42 Å². The molecule has 1 amide bonds. The Bertz CT molecular complexity index is 642. The fourth-order valence-electron chi connectivity index (χ4n) is 2.51. The number of nitrogens with one attached hydrogen (secondary N) is 2. The Balaban J connectivity index is 1.79. The Kier molecular flexibility index (Phi) is 3.40. The number of fused-ring (bicyclic) bond motifs is 1. The van der Waals surface area contributed by atoms with Gasteiger partial charge < -0.3 is 19.9 Å². The largest absolute Gasteiger partial charge is 0.453 e. The van der Waals surface area contributed by atoms with Gasteiger partial charge in [-0.15, -0.1) is 0 Å². The summed E-state index contributed by atoms with van der Waals surface area (Å²) in [4.78, 5) is 20.4. The van der Waals surface area contributed by atoms with Gasteiger partial charge in [-0.3, -0.25) is 0 Å². The molecule has 1 aliphatic rings. The van der Waals surface area contributed by atoms with Crippen LogP contribution in [-0.4, -0.2) is 47.2 Å². The van der Waals surface area contributed by atoms with E-state index >= 15 is 0 Å². The summed E-state index contributed by atoms with van der Waals surface area (Å²) in [5.41, 5.74) is 1.65. The molecule has 0 aliphatic carbocycles. The molecule has 7 heteroatoms. The molecule has 2 N–H and O–H groups in total. The minimum atomic E-state index is -0.290. The number of H-pyrrole nitrogens is 1. The third kappa shape index (κ3) is 2.27. The summed E-state index contributed by atoms with van der Waals surface area (Å²) in [6, 6.07) is 2.09. The predicted molar refractivity (Wildman–Crippen MR) is 77.1 cm³/mol. The maximum absolute atomic E-state index is 11.5. The number of ether oxygens (including phenoxy) is 1. The van der Waals surface area contributed by atoms with Gasteiger partial charge in [0.15, 0.2) is 0 Å². The number of hydrogen-bond acceptors (Lipinski definition) is 4. The van der Waals surface area contributed by atoms with Gasteiger partial charge in [0.25, 0.3) is 0 Å². The number of aromatic nitrogens is 2. The van der Waals surface area contributed by atoms with Crippen molar-refractivity contribution in [2.75, 3.05) is 25.5 Å². The molecule has 0 aromatic carbocycles. The molecule has 0 saturated carbocycles. The van der Waals surface area contributed by atoms with E-state index in [2.05, 4.69) is 15.3 Å². The number of carbonyl (C=O) groups is 1. The van der Waals surface area contributed by atoms with Crippen LogP contribution in [0.2, 0.25) is 5.02 Å². The van der Waals surface area contributed by atoms with Crippen molar-refractivity contribution in [1.29, 1.82) is 0 Å². The number of pyridine rings is 1. The standard InChI is InChI=1S/C13H15ClN4O2/c1-20-13(19)18-5-3-8(7-18)17-11-9-2-4-15-12(9)16-6-10(11)14/h2,4,6,8H,3,5,7H2,1H3,(H2,15,16,17)/t8-/m1/s1. The normalized spacial score (nSPS) is 18.5. The Hall–Kier alpha value is -1.95. The SMILES string of the molecule is COC(=O)N1CC[C@@H](Nc2c(Cl)cnc3[nH]ccc23)C1. The first kappa shape index (κ1) is 13.1. The number of rotatable bonds is 2. The molecule has 2 aromatic rings. The van der Waals surface area contributed by atoms with E-state index in [1.54, 1.807) is 11.1 Å². The molecule has 1 saturated heterocycles. The maximum Gasteiger partial charge on any atom is 0.409 e. The minimum absolute atomic E-state index is 0.159. The fraction of sp³-hybridized carbons (Fsp3) is 0.385. The van der Waals surface area contributed by atoms with Crippen LogP contribution in [0, 0.1) is 0 Å². The number of aromatic amines is 1. The van der Waals surface area contributed by atoms with E-state index in [1.165, 1.54) is 7.11 Å². The number of hydrogen-bond donors (Lipinski definition) is 2. The summed E-state index contributed by atoms with van der Waals surface area (Å²) in [6.07, 6.45) is 4.02. The third-order valence-corrected chi connectivity index (χ3v) is 3.80. The van der Waals surface area contributed by atoms with Gasteiger partial charge in [-0.1, -0.05) is 11.6 Å². The third-order valence-electron chi connectivity index (χ3n) is 3.51. The molecule has 0 bridgehead atoms. The second-order valence-electron chi connectivity index (χ2n) is 4.77. The van der Waals surface area contributed by atoms with E-state index in [0.29, 0.717) is 18.1 Å². The average Bonchev–Trinajstić information content (AvgIpc) is 3.10. The highest BCUT2D eigenvalue weighted by atomic mass is 35.5. The van der Waals surface area contributed by atoms with Crippen LogP contribution < -0.4 is 5.32 Å². The topological polar surface area (TPSA) is 70.2 Å². The number of amides is 1. The van der Waals surface area contributed by atoms with Gasteiger partial charge in [0, 0.05) is 30.7 Å². The first-order chi connectivity index (χ1) is 9.69. The van der Waals surface area contributed by atoms with Gasteiger partial charge >= 0.3 is 6.09 Å². The van der Waals surface area contributed by atoms with E-state index in [0.717, 1.165) is 23.1 Å². The van der Waals surface area contributed by atoms with Gasteiger partial charge in [-0.25, -0.2) is 9.78 Å². The second kappa shape index (κ2) is 5.20. The second-order valence-corrected chi connectivity index (χ2v) is 5.17. The molecule has 2 aromatic heterocycles. The molecule has 3 heterocycles. The first-order valence-electron chi connectivity index (χ1n) is 6.40. The molecule has 0 spiro atoms. The lowest BCUT2D eigenvalue weighted by atomic mass is 10.2. The van der Waals surface area contributed by atoms with Gasteiger partial charge in [0.05, 0.1) is 24.0 Å². The van der Waals surface area contributed by atoms with E-state index < -0.39 is 0 Å². The summed E-state index contributed by atoms with van der Waals surface area (Å²) in [6.45, 7) is 1.29. The summed E-state index contributed by atoms with van der Waals surface area (Å²) < 4.78 is 4.73. The molecule has 6 nitrogen and oxygen atoms in total. The highest BCUT2D eigenvalue weighted by Gasteiger charge is 2.27. The van der Waals surface area contributed by atoms with Crippen molar-refractivity contribution in [1.82, 2.24) is 14.9 Å². The number of nitrogens with zero attached hydrogens (tertiary/aromatic N) is 2. The molecule has 1 fully saturated rings. The summed E-state index contributed by atoms with van der Waals surface area (Å²) in [5.74, 6) is 0.